The number of nitriles is 1. The molecule has 1 saturated heterocycles. The number of ketones is 1. The van der Waals surface area contributed by atoms with Crippen molar-refractivity contribution in [2.24, 2.45) is 0 Å². The molecule has 0 amide bonds. The van der Waals surface area contributed by atoms with Gasteiger partial charge in [-0.2, -0.15) is 9.57 Å². The monoisotopic (exact) mass is 494 g/mol. The van der Waals surface area contributed by atoms with Crippen molar-refractivity contribution >= 4 is 33.2 Å². The van der Waals surface area contributed by atoms with Crippen LogP contribution in [0.4, 0.5) is 11.4 Å². The molecule has 0 spiro atoms. The lowest BCUT2D eigenvalue weighted by Gasteiger charge is -2.32. The first-order valence-electron chi connectivity index (χ1n) is 11.2. The molecule has 0 aliphatic carbocycles. The molecule has 4 rings (SSSR count). The Kier molecular flexibility index (Phi) is 6.91. The van der Waals surface area contributed by atoms with E-state index < -0.39 is 34.4 Å². The zero-order valence-electron chi connectivity index (χ0n) is 19.5. The van der Waals surface area contributed by atoms with Crippen molar-refractivity contribution in [1.82, 2.24) is 4.31 Å². The van der Waals surface area contributed by atoms with E-state index in [9.17, 15) is 23.3 Å². The van der Waals surface area contributed by atoms with E-state index in [0.717, 1.165) is 15.7 Å². The molecule has 35 heavy (non-hydrogen) atoms. The van der Waals surface area contributed by atoms with Crippen LogP contribution in [0.5, 0.6) is 0 Å². The van der Waals surface area contributed by atoms with Gasteiger partial charge in [0.2, 0.25) is 15.8 Å². The first kappa shape index (κ1) is 24.4. The topological polar surface area (TPSA) is 111 Å². The second-order valence-electron chi connectivity index (χ2n) is 8.39. The second-order valence-corrected chi connectivity index (χ2v) is 10.3. The zero-order valence-corrected chi connectivity index (χ0v) is 20.4. The summed E-state index contributed by atoms with van der Waals surface area (Å²) in [4.78, 5) is 29.5. The average molecular weight is 495 g/mol. The molecule has 1 atom stereocenters. The molecule has 2 aromatic rings. The first-order chi connectivity index (χ1) is 16.8. The second kappa shape index (κ2) is 9.90. The lowest BCUT2D eigenvalue weighted by Crippen LogP contribution is -2.48. The van der Waals surface area contributed by atoms with Gasteiger partial charge in [0, 0.05) is 20.6 Å². The summed E-state index contributed by atoms with van der Waals surface area (Å²) in [6.07, 6.45) is 1.58. The minimum atomic E-state index is -3.90. The smallest absolute Gasteiger partial charge is 0.324 e. The van der Waals surface area contributed by atoms with Crippen LogP contribution in [0.1, 0.15) is 19.3 Å². The van der Waals surface area contributed by atoms with Crippen LogP contribution in [0.25, 0.3) is 0 Å². The number of rotatable bonds is 6. The summed E-state index contributed by atoms with van der Waals surface area (Å²) in [5.41, 5.74) is 1.54. The van der Waals surface area contributed by atoms with Gasteiger partial charge < -0.3 is 14.5 Å². The molecule has 2 aliphatic heterocycles. The number of para-hydroxylation sites is 2. The molecule has 1 unspecified atom stereocenters. The zero-order chi connectivity index (χ0) is 25.2. The van der Waals surface area contributed by atoms with E-state index in [4.69, 9.17) is 4.74 Å². The highest BCUT2D eigenvalue weighted by Crippen LogP contribution is 2.40. The van der Waals surface area contributed by atoms with Crippen molar-refractivity contribution in [2.75, 3.05) is 37.0 Å². The van der Waals surface area contributed by atoms with Crippen molar-refractivity contribution in [3.05, 3.63) is 66.0 Å². The fraction of sp³-hybridized carbons (Fsp3) is 0.320. The van der Waals surface area contributed by atoms with Crippen molar-refractivity contribution in [3.63, 3.8) is 0 Å². The number of Topliss-reactive ketones (excluding diaryl/α,β-unsaturated/α-hetero) is 1. The molecule has 0 radical (unpaired) electrons. The van der Waals surface area contributed by atoms with Crippen molar-refractivity contribution in [1.29, 1.82) is 5.26 Å². The van der Waals surface area contributed by atoms with Crippen LogP contribution in [0.15, 0.2) is 70.9 Å². The van der Waals surface area contributed by atoms with Crippen LogP contribution in [-0.2, 0) is 24.3 Å². The molecule has 0 N–H and O–H groups in total. The third-order valence-electron chi connectivity index (χ3n) is 6.28. The predicted molar refractivity (Wildman–Crippen MR) is 130 cm³/mol. The van der Waals surface area contributed by atoms with Crippen molar-refractivity contribution in [3.8, 4) is 6.07 Å². The van der Waals surface area contributed by atoms with E-state index in [1.165, 1.54) is 12.1 Å². The molecule has 2 aliphatic rings. The number of carbonyl (C=O) groups is 2. The van der Waals surface area contributed by atoms with Gasteiger partial charge in [-0.3, -0.25) is 9.59 Å². The van der Waals surface area contributed by atoms with Crippen LogP contribution in [0.3, 0.4) is 0 Å². The average Bonchev–Trinajstić information content (AvgIpc) is 3.13. The molecule has 0 bridgehead atoms. The number of carbonyl (C=O) groups excluding carboxylic acids is 2. The van der Waals surface area contributed by atoms with Crippen LogP contribution in [-0.4, -0.2) is 57.8 Å². The van der Waals surface area contributed by atoms with Gasteiger partial charge in [-0.25, -0.2) is 8.42 Å². The summed E-state index contributed by atoms with van der Waals surface area (Å²) in [5, 5.41) is 9.75. The summed E-state index contributed by atoms with van der Waals surface area (Å²) in [5.74, 6) is -1.06. The largest absolute Gasteiger partial charge is 0.456 e. The summed E-state index contributed by atoms with van der Waals surface area (Å²) in [7, 11) is -0.396. The minimum absolute atomic E-state index is 0.0964. The molecule has 182 valence electrons. The van der Waals surface area contributed by atoms with Crippen molar-refractivity contribution < 1.29 is 22.7 Å². The number of fused-ring (bicyclic) bond motifs is 1. The Hall–Kier alpha value is -3.68. The number of sulfonamides is 1. The van der Waals surface area contributed by atoms with E-state index in [2.05, 4.69) is 0 Å². The number of hydrogen-bond acceptors (Lipinski definition) is 8. The molecule has 10 heteroatoms. The van der Waals surface area contributed by atoms with Crippen LogP contribution < -0.4 is 9.80 Å². The van der Waals surface area contributed by atoms with Crippen LogP contribution >= 0.6 is 0 Å². The van der Waals surface area contributed by atoms with Gasteiger partial charge in [0.05, 0.1) is 16.3 Å². The number of anilines is 2. The van der Waals surface area contributed by atoms with Gasteiger partial charge in [-0.15, -0.1) is 0 Å². The Morgan fingerprint density at radius 1 is 1.00 bits per heavy atom. The van der Waals surface area contributed by atoms with Crippen LogP contribution in [0.2, 0.25) is 0 Å². The first-order valence-corrected chi connectivity index (χ1v) is 12.7. The number of hydrogen-bond donors (Lipinski definition) is 0. The molecule has 2 aromatic carbocycles. The molecule has 0 saturated carbocycles. The van der Waals surface area contributed by atoms with Gasteiger partial charge in [0.1, 0.15) is 23.5 Å². The molecule has 1 fully saturated rings. The molecular weight excluding hydrogens is 468 g/mol. The third-order valence-corrected chi connectivity index (χ3v) is 8.20. The summed E-state index contributed by atoms with van der Waals surface area (Å²) >= 11 is 0. The maximum Gasteiger partial charge on any atom is 0.324 e. The highest BCUT2D eigenvalue weighted by Gasteiger charge is 2.39. The molecular formula is C25H26N4O5S. The van der Waals surface area contributed by atoms with Gasteiger partial charge in [-0.1, -0.05) is 30.3 Å². The molecule has 9 nitrogen and oxygen atoms in total. The highest BCUT2D eigenvalue weighted by atomic mass is 32.2. The summed E-state index contributed by atoms with van der Waals surface area (Å²) in [6, 6.07) is 16.3. The summed E-state index contributed by atoms with van der Waals surface area (Å²) < 4.78 is 32.7. The van der Waals surface area contributed by atoms with E-state index >= 15 is 0 Å². The Morgan fingerprint density at radius 2 is 1.60 bits per heavy atom. The normalized spacial score (nSPS) is 18.1. The van der Waals surface area contributed by atoms with E-state index in [1.54, 1.807) is 42.1 Å². The Balaban J connectivity index is 1.51. The fourth-order valence-corrected chi connectivity index (χ4v) is 6.19. The fourth-order valence-electron chi connectivity index (χ4n) is 4.52. The van der Waals surface area contributed by atoms with Gasteiger partial charge in [0.25, 0.3) is 0 Å². The number of benzene rings is 2. The SMILES string of the molecule is CN1C(=C(C#N)C(=O)COC(=O)C2CCCCN2S(=O)(=O)c2ccccc2)N(C)c2ccccc21. The number of ether oxygens (including phenoxy) is 1. The quantitative estimate of drug-likeness (QED) is 0.342. The Morgan fingerprint density at radius 3 is 2.20 bits per heavy atom. The van der Waals surface area contributed by atoms with Gasteiger partial charge in [-0.05, 0) is 43.5 Å². The highest BCUT2D eigenvalue weighted by molar-refractivity contribution is 7.89. The number of piperidine rings is 1. The lowest BCUT2D eigenvalue weighted by molar-refractivity contribution is -0.151. The lowest BCUT2D eigenvalue weighted by atomic mass is 10.1. The minimum Gasteiger partial charge on any atom is -0.456 e. The van der Waals surface area contributed by atoms with Crippen molar-refractivity contribution in [2.45, 2.75) is 30.2 Å². The predicted octanol–water partition coefficient (Wildman–Crippen LogP) is 2.66. The Labute approximate surface area is 204 Å². The van der Waals surface area contributed by atoms with Gasteiger partial charge >= 0.3 is 5.97 Å². The third kappa shape index (κ3) is 4.52. The Bertz CT molecular complexity index is 1290. The number of nitrogens with zero attached hydrogens (tertiary/aromatic N) is 4. The summed E-state index contributed by atoms with van der Waals surface area (Å²) in [6.45, 7) is -0.467. The van der Waals surface area contributed by atoms with Crippen LogP contribution in [0, 0.1) is 11.3 Å². The van der Waals surface area contributed by atoms with Gasteiger partial charge in [0.15, 0.2) is 6.61 Å². The molecule has 0 aromatic heterocycles. The maximum atomic E-state index is 13.1. The standard InChI is InChI=1S/C25H26N4O5S/c1-27-20-12-6-7-13-21(20)28(2)24(27)19(16-26)23(30)17-34-25(31)22-14-8-9-15-29(22)35(32,33)18-10-4-3-5-11-18/h3-7,10-13,22H,8-9,14-15,17H2,1-2H3. The maximum absolute atomic E-state index is 13.1. The van der Waals surface area contributed by atoms with E-state index in [0.29, 0.717) is 25.1 Å². The van der Waals surface area contributed by atoms with E-state index in [-0.39, 0.29) is 17.0 Å². The van der Waals surface area contributed by atoms with E-state index in [1.807, 2.05) is 30.3 Å². The molecule has 2 heterocycles. The number of esters is 1.